The first-order valence-electron chi connectivity index (χ1n) is 5.57. The molecule has 1 aromatic carbocycles. The molecule has 0 atom stereocenters. The number of hydrogen-bond acceptors (Lipinski definition) is 2. The highest BCUT2D eigenvalue weighted by atomic mass is 32.2. The van der Waals surface area contributed by atoms with Gasteiger partial charge in [0.2, 0.25) is 0 Å². The molecule has 2 nitrogen and oxygen atoms in total. The second-order valence-corrected chi connectivity index (χ2v) is 4.82. The van der Waals surface area contributed by atoms with Crippen molar-refractivity contribution in [3.8, 4) is 0 Å². The molecule has 0 saturated heterocycles. The van der Waals surface area contributed by atoms with Crippen molar-refractivity contribution in [2.24, 2.45) is 0 Å². The lowest BCUT2D eigenvalue weighted by Gasteiger charge is -2.07. The molecule has 0 bridgehead atoms. The zero-order valence-corrected chi connectivity index (χ0v) is 11.0. The Morgan fingerprint density at radius 3 is 2.63 bits per heavy atom. The molecule has 1 N–H and O–H groups in total. The van der Waals surface area contributed by atoms with Gasteiger partial charge in [-0.25, -0.2) is 4.79 Å². The summed E-state index contributed by atoms with van der Waals surface area (Å²) in [6.45, 7) is 1.72. The Bertz CT molecular complexity index is 481. The Kier molecular flexibility index (Phi) is 5.47. The van der Waals surface area contributed by atoms with Crippen LogP contribution in [0, 0.1) is 0 Å². The molecule has 6 heteroatoms. The van der Waals surface area contributed by atoms with Gasteiger partial charge in [-0.1, -0.05) is 19.1 Å². The third kappa shape index (κ3) is 4.98. The SMILES string of the molecule is CCC(=CCSc1cccc(C(F)(F)F)c1)C(=O)O. The fourth-order valence-electron chi connectivity index (χ4n) is 1.38. The molecule has 0 fully saturated rings. The van der Waals surface area contributed by atoms with Gasteiger partial charge >= 0.3 is 12.1 Å². The van der Waals surface area contributed by atoms with Crippen LogP contribution in [0.1, 0.15) is 18.9 Å². The molecule has 0 aliphatic heterocycles. The van der Waals surface area contributed by atoms with Gasteiger partial charge in [0.25, 0.3) is 0 Å². The standard InChI is InChI=1S/C13H13F3O2S/c1-2-9(12(17)18)6-7-19-11-5-3-4-10(8-11)13(14,15)16/h3-6,8H,2,7H2,1H3,(H,17,18). The second kappa shape index (κ2) is 6.65. The van der Waals surface area contributed by atoms with Gasteiger partial charge in [-0.05, 0) is 24.6 Å². The highest BCUT2D eigenvalue weighted by Gasteiger charge is 2.30. The van der Waals surface area contributed by atoms with E-state index in [-0.39, 0.29) is 5.57 Å². The summed E-state index contributed by atoms with van der Waals surface area (Å²) in [4.78, 5) is 11.2. The Morgan fingerprint density at radius 2 is 2.11 bits per heavy atom. The number of alkyl halides is 3. The molecule has 0 spiro atoms. The third-order valence-corrected chi connectivity index (χ3v) is 3.32. The maximum atomic E-state index is 12.5. The number of aliphatic carboxylic acids is 1. The number of carbonyl (C=O) groups is 1. The van der Waals surface area contributed by atoms with E-state index in [0.717, 1.165) is 12.1 Å². The quantitative estimate of drug-likeness (QED) is 0.651. The van der Waals surface area contributed by atoms with E-state index in [1.54, 1.807) is 13.0 Å². The van der Waals surface area contributed by atoms with Crippen LogP contribution >= 0.6 is 11.8 Å². The van der Waals surface area contributed by atoms with E-state index in [9.17, 15) is 18.0 Å². The highest BCUT2D eigenvalue weighted by molar-refractivity contribution is 7.99. The van der Waals surface area contributed by atoms with Crippen molar-refractivity contribution >= 4 is 17.7 Å². The monoisotopic (exact) mass is 290 g/mol. The Labute approximate surface area is 113 Å². The van der Waals surface area contributed by atoms with Crippen molar-refractivity contribution in [1.82, 2.24) is 0 Å². The minimum absolute atomic E-state index is 0.263. The lowest BCUT2D eigenvalue weighted by molar-refractivity contribution is -0.137. The summed E-state index contributed by atoms with van der Waals surface area (Å²) in [6.07, 6.45) is -2.45. The van der Waals surface area contributed by atoms with Gasteiger partial charge in [-0.15, -0.1) is 11.8 Å². The summed E-state index contributed by atoms with van der Waals surface area (Å²) >= 11 is 1.17. The lowest BCUT2D eigenvalue weighted by Crippen LogP contribution is -2.04. The molecule has 0 unspecified atom stereocenters. The van der Waals surface area contributed by atoms with Crippen molar-refractivity contribution in [3.05, 3.63) is 41.5 Å². The number of carboxylic acids is 1. The number of carboxylic acid groups (broad SMARTS) is 1. The summed E-state index contributed by atoms with van der Waals surface area (Å²) in [5.74, 6) is -0.663. The Morgan fingerprint density at radius 1 is 1.42 bits per heavy atom. The van der Waals surface area contributed by atoms with Gasteiger partial charge in [-0.3, -0.25) is 0 Å². The maximum Gasteiger partial charge on any atom is 0.416 e. The maximum absolute atomic E-state index is 12.5. The van der Waals surface area contributed by atoms with Gasteiger partial charge < -0.3 is 5.11 Å². The summed E-state index contributed by atoms with van der Waals surface area (Å²) in [7, 11) is 0. The van der Waals surface area contributed by atoms with Crippen LogP contribution in [0.2, 0.25) is 0 Å². The van der Waals surface area contributed by atoms with Crippen molar-refractivity contribution < 1.29 is 23.1 Å². The third-order valence-electron chi connectivity index (χ3n) is 2.40. The highest BCUT2D eigenvalue weighted by Crippen LogP contribution is 2.31. The van der Waals surface area contributed by atoms with Crippen LogP contribution < -0.4 is 0 Å². The molecular weight excluding hydrogens is 277 g/mol. The summed E-state index contributed by atoms with van der Waals surface area (Å²) in [5, 5.41) is 8.79. The van der Waals surface area contributed by atoms with E-state index in [2.05, 4.69) is 0 Å². The van der Waals surface area contributed by atoms with E-state index in [0.29, 0.717) is 17.1 Å². The zero-order valence-electron chi connectivity index (χ0n) is 10.2. The first-order chi connectivity index (χ1) is 8.84. The fraction of sp³-hybridized carbons (Fsp3) is 0.308. The van der Waals surface area contributed by atoms with E-state index in [4.69, 9.17) is 5.11 Å². The zero-order chi connectivity index (χ0) is 14.5. The van der Waals surface area contributed by atoms with Crippen LogP contribution in [0.3, 0.4) is 0 Å². The number of hydrogen-bond donors (Lipinski definition) is 1. The molecule has 1 aromatic rings. The lowest BCUT2D eigenvalue weighted by atomic mass is 10.2. The smallest absolute Gasteiger partial charge is 0.416 e. The van der Waals surface area contributed by atoms with Crippen LogP contribution in [0.15, 0.2) is 40.8 Å². The van der Waals surface area contributed by atoms with E-state index < -0.39 is 17.7 Å². The van der Waals surface area contributed by atoms with Crippen LogP contribution in [-0.4, -0.2) is 16.8 Å². The molecule has 0 heterocycles. The summed E-state index contributed by atoms with van der Waals surface area (Å²) < 4.78 is 37.4. The van der Waals surface area contributed by atoms with Crippen molar-refractivity contribution in [2.45, 2.75) is 24.4 Å². The molecule has 0 saturated carbocycles. The summed E-state index contributed by atoms with van der Waals surface area (Å²) in [5.41, 5.74) is -0.435. The molecule has 0 radical (unpaired) electrons. The minimum Gasteiger partial charge on any atom is -0.478 e. The normalized spacial score (nSPS) is 12.5. The molecule has 0 aromatic heterocycles. The molecule has 19 heavy (non-hydrogen) atoms. The van der Waals surface area contributed by atoms with E-state index in [1.165, 1.54) is 23.9 Å². The predicted octanol–water partition coefficient (Wildman–Crippen LogP) is 4.22. The largest absolute Gasteiger partial charge is 0.478 e. The second-order valence-electron chi connectivity index (χ2n) is 3.72. The van der Waals surface area contributed by atoms with E-state index >= 15 is 0 Å². The van der Waals surface area contributed by atoms with Crippen molar-refractivity contribution in [1.29, 1.82) is 0 Å². The average molecular weight is 290 g/mol. The molecule has 0 amide bonds. The molecule has 0 aliphatic carbocycles. The van der Waals surface area contributed by atoms with Gasteiger partial charge in [0, 0.05) is 16.2 Å². The molecular formula is C13H13F3O2S. The van der Waals surface area contributed by atoms with Crippen LogP contribution in [0.5, 0.6) is 0 Å². The number of rotatable bonds is 5. The number of halogens is 3. The fourth-order valence-corrected chi connectivity index (χ4v) is 2.25. The topological polar surface area (TPSA) is 37.3 Å². The Hall–Kier alpha value is -1.43. The Balaban J connectivity index is 2.71. The average Bonchev–Trinajstić information content (AvgIpc) is 2.33. The van der Waals surface area contributed by atoms with E-state index in [1.807, 2.05) is 0 Å². The number of thioether (sulfide) groups is 1. The van der Waals surface area contributed by atoms with Gasteiger partial charge in [-0.2, -0.15) is 13.2 Å². The van der Waals surface area contributed by atoms with Crippen molar-refractivity contribution in [2.75, 3.05) is 5.75 Å². The minimum atomic E-state index is -4.36. The molecule has 1 rings (SSSR count). The van der Waals surface area contributed by atoms with Crippen molar-refractivity contribution in [3.63, 3.8) is 0 Å². The number of benzene rings is 1. The predicted molar refractivity (Wildman–Crippen MR) is 68.2 cm³/mol. The summed E-state index contributed by atoms with van der Waals surface area (Å²) in [6, 6.07) is 4.98. The molecule has 104 valence electrons. The first kappa shape index (κ1) is 15.6. The van der Waals surface area contributed by atoms with Crippen LogP contribution in [-0.2, 0) is 11.0 Å². The van der Waals surface area contributed by atoms with Crippen LogP contribution in [0.4, 0.5) is 13.2 Å². The van der Waals surface area contributed by atoms with Crippen LogP contribution in [0.25, 0.3) is 0 Å². The first-order valence-corrected chi connectivity index (χ1v) is 6.55. The van der Waals surface area contributed by atoms with Gasteiger partial charge in [0.15, 0.2) is 0 Å². The van der Waals surface area contributed by atoms with Gasteiger partial charge in [0.1, 0.15) is 0 Å². The molecule has 0 aliphatic rings. The van der Waals surface area contributed by atoms with Gasteiger partial charge in [0.05, 0.1) is 5.56 Å².